The van der Waals surface area contributed by atoms with Gasteiger partial charge in [-0.05, 0) is 19.1 Å². The van der Waals surface area contributed by atoms with Crippen LogP contribution in [0.25, 0.3) is 0 Å². The molecule has 2 rings (SSSR count). The van der Waals surface area contributed by atoms with E-state index >= 15 is 0 Å². The third-order valence-electron chi connectivity index (χ3n) is 2.51. The number of nitrogens with zero attached hydrogens (tertiary/aromatic N) is 1. The molecule has 0 unspecified atom stereocenters. The van der Waals surface area contributed by atoms with E-state index in [0.717, 1.165) is 17.0 Å². The molecule has 2 amide bonds. The Labute approximate surface area is 104 Å². The second kappa shape index (κ2) is 5.23. The van der Waals surface area contributed by atoms with Gasteiger partial charge in [-0.25, -0.2) is 0 Å². The van der Waals surface area contributed by atoms with Crippen LogP contribution in [0.4, 0.5) is 10.5 Å². The lowest BCUT2D eigenvalue weighted by Gasteiger charge is -2.14. The molecule has 1 saturated heterocycles. The summed E-state index contributed by atoms with van der Waals surface area (Å²) in [6.07, 6.45) is 0. The lowest BCUT2D eigenvalue weighted by molar-refractivity contribution is -0.116. The fourth-order valence-electron chi connectivity index (χ4n) is 1.58. The van der Waals surface area contributed by atoms with Gasteiger partial charge in [0.05, 0.1) is 0 Å². The van der Waals surface area contributed by atoms with Gasteiger partial charge in [0.25, 0.3) is 5.24 Å². The lowest BCUT2D eigenvalue weighted by Crippen LogP contribution is -2.33. The molecule has 5 heteroatoms. The summed E-state index contributed by atoms with van der Waals surface area (Å²) in [5.41, 5.74) is 1.91. The van der Waals surface area contributed by atoms with E-state index in [1.54, 1.807) is 4.90 Å². The highest BCUT2D eigenvalue weighted by Gasteiger charge is 2.23. The van der Waals surface area contributed by atoms with Gasteiger partial charge < -0.3 is 10.2 Å². The standard InChI is InChI=1S/C12H14N2O2S/c1-9-2-4-10(5-3-9)13-11(15)8-14-6-7-17-12(14)16/h2-5H,6-8H2,1H3,(H,13,15). The summed E-state index contributed by atoms with van der Waals surface area (Å²) in [6, 6.07) is 7.58. The summed E-state index contributed by atoms with van der Waals surface area (Å²) in [4.78, 5) is 24.6. The Kier molecular flexibility index (Phi) is 3.68. The quantitative estimate of drug-likeness (QED) is 0.893. The maximum Gasteiger partial charge on any atom is 0.282 e. The molecule has 1 fully saturated rings. The van der Waals surface area contributed by atoms with Gasteiger partial charge in [0.2, 0.25) is 5.91 Å². The zero-order valence-electron chi connectivity index (χ0n) is 9.60. The molecule has 0 atom stereocenters. The van der Waals surface area contributed by atoms with Gasteiger partial charge >= 0.3 is 0 Å². The van der Waals surface area contributed by atoms with Gasteiger partial charge in [-0.15, -0.1) is 0 Å². The van der Waals surface area contributed by atoms with Crippen LogP contribution in [0.1, 0.15) is 5.56 Å². The van der Waals surface area contributed by atoms with Crippen LogP contribution in [0.15, 0.2) is 24.3 Å². The molecule has 1 aliphatic heterocycles. The average molecular weight is 250 g/mol. The van der Waals surface area contributed by atoms with Crippen LogP contribution in [0.3, 0.4) is 0 Å². The van der Waals surface area contributed by atoms with Gasteiger partial charge in [-0.1, -0.05) is 29.5 Å². The van der Waals surface area contributed by atoms with Crippen LogP contribution in [-0.4, -0.2) is 34.9 Å². The first-order valence-corrected chi connectivity index (χ1v) is 6.42. The van der Waals surface area contributed by atoms with Gasteiger partial charge in [-0.2, -0.15) is 0 Å². The third-order valence-corrected chi connectivity index (χ3v) is 3.41. The molecule has 0 aliphatic carbocycles. The molecule has 1 aromatic rings. The Morgan fingerprint density at radius 1 is 1.41 bits per heavy atom. The summed E-state index contributed by atoms with van der Waals surface area (Å²) in [7, 11) is 0. The number of amides is 2. The molecular formula is C12H14N2O2S. The number of aryl methyl sites for hydroxylation is 1. The molecular weight excluding hydrogens is 236 g/mol. The molecule has 1 heterocycles. The summed E-state index contributed by atoms with van der Waals surface area (Å²) >= 11 is 1.26. The Morgan fingerprint density at radius 2 is 2.12 bits per heavy atom. The highest BCUT2D eigenvalue weighted by molar-refractivity contribution is 8.13. The van der Waals surface area contributed by atoms with Crippen LogP contribution in [0.2, 0.25) is 0 Å². The first-order valence-electron chi connectivity index (χ1n) is 5.43. The lowest BCUT2D eigenvalue weighted by atomic mass is 10.2. The average Bonchev–Trinajstić information content (AvgIpc) is 2.68. The van der Waals surface area contributed by atoms with Gasteiger partial charge in [0, 0.05) is 18.0 Å². The zero-order valence-corrected chi connectivity index (χ0v) is 10.4. The van der Waals surface area contributed by atoms with Crippen molar-refractivity contribution in [3.63, 3.8) is 0 Å². The largest absolute Gasteiger partial charge is 0.325 e. The Morgan fingerprint density at radius 3 is 2.71 bits per heavy atom. The number of nitrogens with one attached hydrogen (secondary N) is 1. The second-order valence-electron chi connectivity index (χ2n) is 3.95. The van der Waals surface area contributed by atoms with Crippen LogP contribution < -0.4 is 5.32 Å². The fourth-order valence-corrected chi connectivity index (χ4v) is 2.40. The van der Waals surface area contributed by atoms with E-state index in [0.29, 0.717) is 6.54 Å². The van der Waals surface area contributed by atoms with E-state index in [2.05, 4.69) is 5.32 Å². The van der Waals surface area contributed by atoms with E-state index < -0.39 is 0 Å². The van der Waals surface area contributed by atoms with Crippen molar-refractivity contribution in [2.75, 3.05) is 24.2 Å². The molecule has 0 spiro atoms. The van der Waals surface area contributed by atoms with E-state index in [-0.39, 0.29) is 17.7 Å². The van der Waals surface area contributed by atoms with Crippen molar-refractivity contribution < 1.29 is 9.59 Å². The Bertz CT molecular complexity index is 431. The van der Waals surface area contributed by atoms with Crippen molar-refractivity contribution in [1.82, 2.24) is 4.90 Å². The van der Waals surface area contributed by atoms with Crippen LogP contribution in [0.5, 0.6) is 0 Å². The van der Waals surface area contributed by atoms with Gasteiger partial charge in [-0.3, -0.25) is 9.59 Å². The van der Waals surface area contributed by atoms with Crippen molar-refractivity contribution in [3.8, 4) is 0 Å². The SMILES string of the molecule is Cc1ccc(NC(=O)CN2CCSC2=O)cc1. The molecule has 4 nitrogen and oxygen atoms in total. The molecule has 90 valence electrons. The summed E-state index contributed by atoms with van der Waals surface area (Å²) in [5, 5.41) is 2.76. The van der Waals surface area contributed by atoms with Gasteiger partial charge in [0.1, 0.15) is 6.54 Å². The molecule has 0 radical (unpaired) electrons. The minimum absolute atomic E-state index is 0.0101. The van der Waals surface area contributed by atoms with Crippen molar-refractivity contribution in [3.05, 3.63) is 29.8 Å². The number of benzene rings is 1. The van der Waals surface area contributed by atoms with Gasteiger partial charge in [0.15, 0.2) is 0 Å². The molecule has 1 aliphatic rings. The van der Waals surface area contributed by atoms with E-state index in [1.807, 2.05) is 31.2 Å². The normalized spacial score (nSPS) is 15.1. The monoisotopic (exact) mass is 250 g/mol. The van der Waals surface area contributed by atoms with E-state index in [4.69, 9.17) is 0 Å². The number of thioether (sulfide) groups is 1. The third kappa shape index (κ3) is 3.23. The number of rotatable bonds is 3. The molecule has 0 saturated carbocycles. The first kappa shape index (κ1) is 12.0. The maximum absolute atomic E-state index is 11.7. The second-order valence-corrected chi connectivity index (χ2v) is 5.00. The molecule has 17 heavy (non-hydrogen) atoms. The van der Waals surface area contributed by atoms with Crippen molar-refractivity contribution in [1.29, 1.82) is 0 Å². The summed E-state index contributed by atoms with van der Waals surface area (Å²) in [6.45, 7) is 2.79. The number of anilines is 1. The highest BCUT2D eigenvalue weighted by Crippen LogP contribution is 2.17. The number of hydrogen-bond acceptors (Lipinski definition) is 3. The minimum Gasteiger partial charge on any atom is -0.325 e. The Hall–Kier alpha value is -1.49. The molecule has 1 aromatic carbocycles. The van der Waals surface area contributed by atoms with Crippen LogP contribution >= 0.6 is 11.8 Å². The van der Waals surface area contributed by atoms with E-state index in [9.17, 15) is 9.59 Å². The van der Waals surface area contributed by atoms with E-state index in [1.165, 1.54) is 11.8 Å². The van der Waals surface area contributed by atoms with Crippen molar-refractivity contribution in [2.24, 2.45) is 0 Å². The first-order chi connectivity index (χ1) is 8.15. The topological polar surface area (TPSA) is 49.4 Å². The number of carbonyl (C=O) groups is 2. The smallest absolute Gasteiger partial charge is 0.282 e. The van der Waals surface area contributed by atoms with Crippen molar-refractivity contribution >= 4 is 28.6 Å². The fraction of sp³-hybridized carbons (Fsp3) is 0.333. The van der Waals surface area contributed by atoms with Crippen LogP contribution in [-0.2, 0) is 4.79 Å². The molecule has 0 aromatic heterocycles. The summed E-state index contributed by atoms with van der Waals surface area (Å²) < 4.78 is 0. The number of carbonyl (C=O) groups excluding carboxylic acids is 2. The predicted octanol–water partition coefficient (Wildman–Crippen LogP) is 2.10. The molecule has 0 bridgehead atoms. The Balaban J connectivity index is 1.88. The van der Waals surface area contributed by atoms with Crippen molar-refractivity contribution in [2.45, 2.75) is 6.92 Å². The molecule has 1 N–H and O–H groups in total. The summed E-state index contributed by atoms with van der Waals surface area (Å²) in [5.74, 6) is 0.626. The predicted molar refractivity (Wildman–Crippen MR) is 69.2 cm³/mol. The maximum atomic E-state index is 11.7. The zero-order chi connectivity index (χ0) is 12.3. The number of hydrogen-bond donors (Lipinski definition) is 1. The van der Waals surface area contributed by atoms with Crippen LogP contribution in [0, 0.1) is 6.92 Å². The highest BCUT2D eigenvalue weighted by atomic mass is 32.2. The minimum atomic E-state index is -0.148.